The van der Waals surface area contributed by atoms with Crippen LogP contribution in [0.15, 0.2) is 0 Å². The largest absolute Gasteiger partial charge is 0.314 e. The zero-order valence-corrected chi connectivity index (χ0v) is 10.7. The summed E-state index contributed by atoms with van der Waals surface area (Å²) in [6, 6.07) is 0.629. The molecule has 1 N–H and O–H groups in total. The van der Waals surface area contributed by atoms with Crippen molar-refractivity contribution in [2.24, 2.45) is 0 Å². The van der Waals surface area contributed by atoms with Crippen LogP contribution in [0, 0.1) is 0 Å². The van der Waals surface area contributed by atoms with E-state index in [1.807, 2.05) is 0 Å². The molecular formula is C10H21N3O2S. The minimum absolute atomic E-state index is 0.220. The van der Waals surface area contributed by atoms with Crippen LogP contribution in [0.1, 0.15) is 13.3 Å². The van der Waals surface area contributed by atoms with Crippen molar-refractivity contribution in [1.29, 1.82) is 0 Å². The highest BCUT2D eigenvalue weighted by Gasteiger charge is 2.29. The van der Waals surface area contributed by atoms with Crippen LogP contribution < -0.4 is 5.32 Å². The Bertz CT molecular complexity index is 327. The van der Waals surface area contributed by atoms with Gasteiger partial charge in [0.2, 0.25) is 10.0 Å². The van der Waals surface area contributed by atoms with Gasteiger partial charge < -0.3 is 5.32 Å². The molecule has 2 fully saturated rings. The third-order valence-corrected chi connectivity index (χ3v) is 5.41. The number of hydrogen-bond donors (Lipinski definition) is 1. The number of hydrogen-bond acceptors (Lipinski definition) is 4. The van der Waals surface area contributed by atoms with Crippen LogP contribution in [-0.4, -0.2) is 68.7 Å². The highest BCUT2D eigenvalue weighted by Crippen LogP contribution is 2.12. The Kier molecular flexibility index (Phi) is 3.84. The molecular weight excluding hydrogens is 226 g/mol. The molecule has 0 unspecified atom stereocenters. The minimum Gasteiger partial charge on any atom is -0.314 e. The van der Waals surface area contributed by atoms with Gasteiger partial charge in [0.05, 0.1) is 5.75 Å². The Morgan fingerprint density at radius 1 is 1.19 bits per heavy atom. The van der Waals surface area contributed by atoms with Gasteiger partial charge in [-0.25, -0.2) is 12.7 Å². The summed E-state index contributed by atoms with van der Waals surface area (Å²) >= 11 is 0. The van der Waals surface area contributed by atoms with Gasteiger partial charge in [-0.1, -0.05) is 0 Å². The second kappa shape index (κ2) is 5.00. The van der Waals surface area contributed by atoms with E-state index in [4.69, 9.17) is 0 Å². The standard InChI is InChI=1S/C10H21N3O2S/c1-2-16(14,15)13-5-3-4-12(6-7-13)10-8-11-9-10/h10-11H,2-9H2,1H3. The third kappa shape index (κ3) is 2.56. The maximum atomic E-state index is 11.8. The molecule has 0 saturated carbocycles. The van der Waals surface area contributed by atoms with E-state index in [2.05, 4.69) is 10.2 Å². The number of rotatable bonds is 3. The molecule has 94 valence electrons. The van der Waals surface area contributed by atoms with Gasteiger partial charge >= 0.3 is 0 Å². The molecule has 6 heteroatoms. The number of sulfonamides is 1. The van der Waals surface area contributed by atoms with E-state index in [1.54, 1.807) is 11.2 Å². The van der Waals surface area contributed by atoms with Gasteiger partial charge in [-0.05, 0) is 19.9 Å². The van der Waals surface area contributed by atoms with Crippen molar-refractivity contribution in [3.63, 3.8) is 0 Å². The first-order chi connectivity index (χ1) is 7.63. The van der Waals surface area contributed by atoms with E-state index < -0.39 is 10.0 Å². The molecule has 2 saturated heterocycles. The van der Waals surface area contributed by atoms with Crippen LogP contribution >= 0.6 is 0 Å². The van der Waals surface area contributed by atoms with E-state index in [9.17, 15) is 8.42 Å². The Labute approximate surface area is 97.8 Å². The summed E-state index contributed by atoms with van der Waals surface area (Å²) in [5, 5.41) is 3.26. The predicted molar refractivity (Wildman–Crippen MR) is 63.9 cm³/mol. The third-order valence-electron chi connectivity index (χ3n) is 3.52. The SMILES string of the molecule is CCS(=O)(=O)N1CCCN(C2CNC2)CC1. The average molecular weight is 247 g/mol. The highest BCUT2D eigenvalue weighted by molar-refractivity contribution is 7.89. The topological polar surface area (TPSA) is 52.7 Å². The van der Waals surface area contributed by atoms with Crippen molar-refractivity contribution in [3.05, 3.63) is 0 Å². The molecule has 0 aliphatic carbocycles. The lowest BCUT2D eigenvalue weighted by Gasteiger charge is -2.37. The minimum atomic E-state index is -2.99. The molecule has 2 rings (SSSR count). The summed E-state index contributed by atoms with van der Waals surface area (Å²) < 4.78 is 25.2. The van der Waals surface area contributed by atoms with Gasteiger partial charge in [0.1, 0.15) is 0 Å². The molecule has 0 spiro atoms. The second-order valence-corrected chi connectivity index (χ2v) is 6.76. The van der Waals surface area contributed by atoms with Crippen molar-refractivity contribution in [2.75, 3.05) is 45.0 Å². The lowest BCUT2D eigenvalue weighted by Crippen LogP contribution is -2.57. The predicted octanol–water partition coefficient (Wildman–Crippen LogP) is -0.684. The highest BCUT2D eigenvalue weighted by atomic mass is 32.2. The summed E-state index contributed by atoms with van der Waals surface area (Å²) in [7, 11) is -2.99. The Hall–Kier alpha value is -0.170. The molecule has 0 bridgehead atoms. The van der Waals surface area contributed by atoms with Gasteiger partial charge in [0, 0.05) is 38.8 Å². The van der Waals surface area contributed by atoms with Crippen LogP contribution in [0.4, 0.5) is 0 Å². The molecule has 0 aromatic carbocycles. The fourth-order valence-electron chi connectivity index (χ4n) is 2.27. The zero-order valence-electron chi connectivity index (χ0n) is 9.85. The van der Waals surface area contributed by atoms with E-state index >= 15 is 0 Å². The first-order valence-corrected chi connectivity index (χ1v) is 7.67. The van der Waals surface area contributed by atoms with Crippen LogP contribution in [0.3, 0.4) is 0 Å². The maximum absolute atomic E-state index is 11.8. The van der Waals surface area contributed by atoms with Crippen molar-refractivity contribution >= 4 is 10.0 Å². The average Bonchev–Trinajstić information content (AvgIpc) is 2.41. The monoisotopic (exact) mass is 247 g/mol. The summed E-state index contributed by atoms with van der Waals surface area (Å²) in [5.41, 5.74) is 0. The van der Waals surface area contributed by atoms with Crippen molar-refractivity contribution in [1.82, 2.24) is 14.5 Å². The van der Waals surface area contributed by atoms with E-state index in [0.29, 0.717) is 19.1 Å². The fraction of sp³-hybridized carbons (Fsp3) is 1.00. The van der Waals surface area contributed by atoms with Crippen LogP contribution in [0.25, 0.3) is 0 Å². The van der Waals surface area contributed by atoms with Crippen LogP contribution in [-0.2, 0) is 10.0 Å². The molecule has 2 heterocycles. The number of nitrogens with one attached hydrogen (secondary N) is 1. The normalized spacial score (nSPS) is 26.3. The first-order valence-electron chi connectivity index (χ1n) is 6.06. The van der Waals surface area contributed by atoms with Gasteiger partial charge in [0.25, 0.3) is 0 Å². The molecule has 0 radical (unpaired) electrons. The van der Waals surface area contributed by atoms with Crippen molar-refractivity contribution in [3.8, 4) is 0 Å². The van der Waals surface area contributed by atoms with Crippen molar-refractivity contribution < 1.29 is 8.42 Å². The Morgan fingerprint density at radius 3 is 2.50 bits per heavy atom. The smallest absolute Gasteiger partial charge is 0.213 e. The number of nitrogens with zero attached hydrogens (tertiary/aromatic N) is 2. The maximum Gasteiger partial charge on any atom is 0.213 e. The van der Waals surface area contributed by atoms with Gasteiger partial charge in [0.15, 0.2) is 0 Å². The molecule has 0 atom stereocenters. The fourth-order valence-corrected chi connectivity index (χ4v) is 3.40. The van der Waals surface area contributed by atoms with E-state index in [-0.39, 0.29) is 5.75 Å². The molecule has 16 heavy (non-hydrogen) atoms. The zero-order chi connectivity index (χ0) is 11.6. The van der Waals surface area contributed by atoms with Crippen LogP contribution in [0.2, 0.25) is 0 Å². The van der Waals surface area contributed by atoms with E-state index in [0.717, 1.165) is 32.6 Å². The summed E-state index contributed by atoms with van der Waals surface area (Å²) in [6.07, 6.45) is 0.954. The van der Waals surface area contributed by atoms with Gasteiger partial charge in [-0.15, -0.1) is 0 Å². The Morgan fingerprint density at radius 2 is 1.94 bits per heavy atom. The van der Waals surface area contributed by atoms with Crippen LogP contribution in [0.5, 0.6) is 0 Å². The van der Waals surface area contributed by atoms with Crippen molar-refractivity contribution in [2.45, 2.75) is 19.4 Å². The molecule has 2 aliphatic heterocycles. The molecule has 0 aromatic heterocycles. The van der Waals surface area contributed by atoms with Gasteiger partial charge in [-0.3, -0.25) is 4.90 Å². The quantitative estimate of drug-likeness (QED) is 0.718. The first kappa shape index (κ1) is 12.3. The van der Waals surface area contributed by atoms with Gasteiger partial charge in [-0.2, -0.15) is 0 Å². The lowest BCUT2D eigenvalue weighted by molar-refractivity contribution is 0.153. The summed E-state index contributed by atoms with van der Waals surface area (Å²) in [4.78, 5) is 2.42. The Balaban J connectivity index is 1.92. The molecule has 5 nitrogen and oxygen atoms in total. The summed E-state index contributed by atoms with van der Waals surface area (Å²) in [6.45, 7) is 7.09. The summed E-state index contributed by atoms with van der Waals surface area (Å²) in [5.74, 6) is 0.220. The second-order valence-electron chi connectivity index (χ2n) is 4.50. The molecule has 0 amide bonds. The van der Waals surface area contributed by atoms with E-state index in [1.165, 1.54) is 0 Å². The molecule has 2 aliphatic rings. The lowest BCUT2D eigenvalue weighted by atomic mass is 10.1. The molecule has 0 aromatic rings.